The molecule has 130 valence electrons. The summed E-state index contributed by atoms with van der Waals surface area (Å²) < 4.78 is 32.1. The van der Waals surface area contributed by atoms with Crippen LogP contribution >= 0.6 is 0 Å². The minimum Gasteiger partial charge on any atom is -0.441 e. The van der Waals surface area contributed by atoms with E-state index in [0.29, 0.717) is 38.9 Å². The van der Waals surface area contributed by atoms with Crippen LogP contribution in [0.25, 0.3) is 0 Å². The summed E-state index contributed by atoms with van der Waals surface area (Å²) in [7, 11) is 0. The molecule has 0 aromatic heterocycles. The molecule has 2 aliphatic rings. The molecule has 1 unspecified atom stereocenters. The van der Waals surface area contributed by atoms with Gasteiger partial charge in [0.15, 0.2) is 0 Å². The van der Waals surface area contributed by atoms with Crippen molar-refractivity contribution in [3.05, 3.63) is 35.4 Å². The normalized spacial score (nSPS) is 23.6. The molecule has 0 radical (unpaired) electrons. The van der Waals surface area contributed by atoms with Crippen LogP contribution in [0, 0.1) is 11.6 Å². The first kappa shape index (κ1) is 16.5. The van der Waals surface area contributed by atoms with Crippen molar-refractivity contribution in [2.24, 2.45) is 0 Å². The summed E-state index contributed by atoms with van der Waals surface area (Å²) in [5.74, 6) is -1.11. The van der Waals surface area contributed by atoms with E-state index in [-0.39, 0.29) is 18.1 Å². The van der Waals surface area contributed by atoms with Crippen LogP contribution in [0.1, 0.15) is 24.8 Å². The molecule has 3 amide bonds. The second kappa shape index (κ2) is 6.62. The lowest BCUT2D eigenvalue weighted by atomic mass is 9.95. The van der Waals surface area contributed by atoms with Gasteiger partial charge in [-0.2, -0.15) is 0 Å². The average molecular weight is 339 g/mol. The molecule has 2 aliphatic heterocycles. The van der Waals surface area contributed by atoms with Crippen molar-refractivity contribution in [3.63, 3.8) is 0 Å². The quantitative estimate of drug-likeness (QED) is 0.867. The summed E-state index contributed by atoms with van der Waals surface area (Å²) in [6.07, 6.45) is 1.52. The summed E-state index contributed by atoms with van der Waals surface area (Å²) in [5.41, 5.74) is -0.440. The Morgan fingerprint density at radius 2 is 2.17 bits per heavy atom. The van der Waals surface area contributed by atoms with Crippen molar-refractivity contribution in [2.45, 2.75) is 31.4 Å². The van der Waals surface area contributed by atoms with Gasteiger partial charge in [-0.05, 0) is 31.0 Å². The maximum absolute atomic E-state index is 13.6. The molecular formula is C16H19F2N3O3. The Morgan fingerprint density at radius 3 is 2.92 bits per heavy atom. The van der Waals surface area contributed by atoms with Crippen LogP contribution in [0.2, 0.25) is 0 Å². The van der Waals surface area contributed by atoms with Gasteiger partial charge in [0.1, 0.15) is 17.2 Å². The third kappa shape index (κ3) is 3.58. The van der Waals surface area contributed by atoms with Crippen molar-refractivity contribution in [1.29, 1.82) is 0 Å². The van der Waals surface area contributed by atoms with Gasteiger partial charge in [0.25, 0.3) is 0 Å². The number of amides is 3. The minimum absolute atomic E-state index is 0.0827. The first-order chi connectivity index (χ1) is 11.5. The second-order valence-electron chi connectivity index (χ2n) is 6.16. The molecule has 2 fully saturated rings. The van der Waals surface area contributed by atoms with E-state index in [1.54, 1.807) is 4.90 Å². The molecule has 1 aromatic rings. The minimum atomic E-state index is -0.560. The van der Waals surface area contributed by atoms with Gasteiger partial charge < -0.3 is 20.3 Å². The molecule has 0 bridgehead atoms. The zero-order valence-corrected chi connectivity index (χ0v) is 13.1. The number of alkyl carbamates (subject to hydrolysis) is 1. The molecule has 8 heteroatoms. The van der Waals surface area contributed by atoms with Gasteiger partial charge in [0.2, 0.25) is 0 Å². The number of rotatable bonds is 2. The number of benzene rings is 1. The number of likely N-dealkylation sites (tertiary alicyclic amines) is 1. The number of carbonyl (C=O) groups excluding carboxylic acids is 2. The summed E-state index contributed by atoms with van der Waals surface area (Å²) in [4.78, 5) is 25.1. The van der Waals surface area contributed by atoms with E-state index in [1.165, 1.54) is 0 Å². The predicted octanol–water partition coefficient (Wildman–Crippen LogP) is 2.14. The highest BCUT2D eigenvalue weighted by Crippen LogP contribution is 2.29. The number of ether oxygens (including phenoxy) is 1. The largest absolute Gasteiger partial charge is 0.441 e. The predicted molar refractivity (Wildman–Crippen MR) is 81.2 cm³/mol. The second-order valence-corrected chi connectivity index (χ2v) is 6.16. The van der Waals surface area contributed by atoms with E-state index in [2.05, 4.69) is 10.6 Å². The summed E-state index contributed by atoms with van der Waals surface area (Å²) in [6.45, 7) is 1.33. The molecular weight excluding hydrogens is 320 g/mol. The highest BCUT2D eigenvalue weighted by Gasteiger charge is 2.41. The summed E-state index contributed by atoms with van der Waals surface area (Å²) in [5, 5.41) is 5.26. The Hall–Kier alpha value is -2.38. The maximum Gasteiger partial charge on any atom is 0.407 e. The van der Waals surface area contributed by atoms with E-state index in [9.17, 15) is 18.4 Å². The zero-order chi connectivity index (χ0) is 17.2. The lowest BCUT2D eigenvalue weighted by molar-refractivity contribution is 0.0453. The Balaban J connectivity index is 1.55. The average Bonchev–Trinajstić information content (AvgIpc) is 2.79. The van der Waals surface area contributed by atoms with Crippen LogP contribution in [0.3, 0.4) is 0 Å². The molecule has 0 aliphatic carbocycles. The number of urea groups is 1. The van der Waals surface area contributed by atoms with Crippen LogP contribution in [-0.2, 0) is 11.3 Å². The topological polar surface area (TPSA) is 70.7 Å². The third-order valence-corrected chi connectivity index (χ3v) is 4.49. The van der Waals surface area contributed by atoms with Crippen molar-refractivity contribution >= 4 is 12.1 Å². The number of carbonyl (C=O) groups is 2. The molecule has 2 N–H and O–H groups in total. The smallest absolute Gasteiger partial charge is 0.407 e. The highest BCUT2D eigenvalue weighted by molar-refractivity contribution is 5.74. The Kier molecular flexibility index (Phi) is 4.55. The number of hydrogen-bond donors (Lipinski definition) is 2. The molecule has 3 rings (SSSR count). The van der Waals surface area contributed by atoms with Crippen molar-refractivity contribution in [2.75, 3.05) is 19.6 Å². The van der Waals surface area contributed by atoms with E-state index in [0.717, 1.165) is 18.2 Å². The van der Waals surface area contributed by atoms with Gasteiger partial charge in [-0.25, -0.2) is 18.4 Å². The molecule has 24 heavy (non-hydrogen) atoms. The van der Waals surface area contributed by atoms with E-state index < -0.39 is 23.3 Å². The summed E-state index contributed by atoms with van der Waals surface area (Å²) in [6, 6.07) is 2.80. The SMILES string of the molecule is O=C1NCC2(CCCN(C(=O)NCc3cc(F)ccc3F)CC2)O1. The maximum atomic E-state index is 13.6. The third-order valence-electron chi connectivity index (χ3n) is 4.49. The van der Waals surface area contributed by atoms with Crippen molar-refractivity contribution in [3.8, 4) is 0 Å². The van der Waals surface area contributed by atoms with Crippen LogP contribution in [0.4, 0.5) is 18.4 Å². The molecule has 1 spiro atoms. The van der Waals surface area contributed by atoms with Gasteiger partial charge in [-0.15, -0.1) is 0 Å². The standard InChI is InChI=1S/C16H19F2N3O3/c17-12-2-3-13(18)11(8-12)9-19-14(22)21-6-1-4-16(5-7-21)10-20-15(23)24-16/h2-3,8H,1,4-7,9-10H2,(H,19,22)(H,20,23). The molecule has 6 nitrogen and oxygen atoms in total. The van der Waals surface area contributed by atoms with Gasteiger partial charge in [-0.1, -0.05) is 0 Å². The highest BCUT2D eigenvalue weighted by atomic mass is 19.1. The fraction of sp³-hybridized carbons (Fsp3) is 0.500. The van der Waals surface area contributed by atoms with E-state index in [1.807, 2.05) is 0 Å². The Bertz CT molecular complexity index is 655. The van der Waals surface area contributed by atoms with Gasteiger partial charge in [0.05, 0.1) is 6.54 Å². The number of hydrogen-bond acceptors (Lipinski definition) is 3. The van der Waals surface area contributed by atoms with Crippen molar-refractivity contribution < 1.29 is 23.1 Å². The first-order valence-electron chi connectivity index (χ1n) is 7.91. The zero-order valence-electron chi connectivity index (χ0n) is 13.1. The monoisotopic (exact) mass is 339 g/mol. The Labute approximate surface area is 138 Å². The van der Waals surface area contributed by atoms with Gasteiger partial charge >= 0.3 is 12.1 Å². The van der Waals surface area contributed by atoms with E-state index in [4.69, 9.17) is 4.74 Å². The fourth-order valence-electron chi connectivity index (χ4n) is 3.11. The molecule has 1 aromatic carbocycles. The van der Waals surface area contributed by atoms with E-state index >= 15 is 0 Å². The van der Waals surface area contributed by atoms with Gasteiger partial charge in [0, 0.05) is 31.6 Å². The number of nitrogens with zero attached hydrogens (tertiary/aromatic N) is 1. The lowest BCUT2D eigenvalue weighted by Gasteiger charge is -2.25. The van der Waals surface area contributed by atoms with Gasteiger partial charge in [-0.3, -0.25) is 0 Å². The summed E-state index contributed by atoms with van der Waals surface area (Å²) >= 11 is 0. The van der Waals surface area contributed by atoms with Crippen molar-refractivity contribution in [1.82, 2.24) is 15.5 Å². The van der Waals surface area contributed by atoms with Crippen LogP contribution in [-0.4, -0.2) is 42.3 Å². The van der Waals surface area contributed by atoms with Crippen LogP contribution in [0.15, 0.2) is 18.2 Å². The molecule has 2 heterocycles. The van der Waals surface area contributed by atoms with Crippen LogP contribution < -0.4 is 10.6 Å². The number of nitrogens with one attached hydrogen (secondary N) is 2. The fourth-order valence-corrected chi connectivity index (χ4v) is 3.11. The first-order valence-corrected chi connectivity index (χ1v) is 7.91. The van der Waals surface area contributed by atoms with Crippen LogP contribution in [0.5, 0.6) is 0 Å². The lowest BCUT2D eigenvalue weighted by Crippen LogP contribution is -2.41. The number of halogens is 2. The molecule has 0 saturated carbocycles. The Morgan fingerprint density at radius 1 is 1.33 bits per heavy atom. The molecule has 2 saturated heterocycles. The molecule has 1 atom stereocenters.